The molecule has 0 unspecified atom stereocenters. The first kappa shape index (κ1) is 20.2. The first-order valence-corrected chi connectivity index (χ1v) is 10.5. The van der Waals surface area contributed by atoms with Crippen LogP contribution in [0.1, 0.15) is 30.7 Å². The summed E-state index contributed by atoms with van der Waals surface area (Å²) in [4.78, 5) is 14.7. The fraction of sp³-hybridized carbons (Fsp3) is 0.286. The van der Waals surface area contributed by atoms with Gasteiger partial charge in [0.05, 0.1) is 16.6 Å². The van der Waals surface area contributed by atoms with Crippen LogP contribution >= 0.6 is 34.8 Å². The third-order valence-corrected chi connectivity index (χ3v) is 5.92. The number of hydrogen-bond donors (Lipinski definition) is 0. The number of aromatic nitrogens is 2. The zero-order chi connectivity index (χ0) is 20.4. The van der Waals surface area contributed by atoms with Crippen molar-refractivity contribution in [1.82, 2.24) is 15.1 Å². The Balaban J connectivity index is 1.42. The highest BCUT2D eigenvalue weighted by molar-refractivity contribution is 6.42. The Morgan fingerprint density at radius 2 is 1.83 bits per heavy atom. The lowest BCUT2D eigenvalue weighted by Crippen LogP contribution is -2.32. The summed E-state index contributed by atoms with van der Waals surface area (Å²) in [7, 11) is 0. The smallest absolute Gasteiger partial charge is 0.247 e. The number of benzene rings is 2. The summed E-state index contributed by atoms with van der Waals surface area (Å²) >= 11 is 18.2. The van der Waals surface area contributed by atoms with Gasteiger partial charge in [0.25, 0.3) is 0 Å². The van der Waals surface area contributed by atoms with Crippen molar-refractivity contribution in [2.45, 2.75) is 38.3 Å². The summed E-state index contributed by atoms with van der Waals surface area (Å²) in [6.45, 7) is 0.299. The summed E-state index contributed by atoms with van der Waals surface area (Å²) in [5.41, 5.74) is 1.65. The van der Waals surface area contributed by atoms with Crippen LogP contribution in [0.15, 0.2) is 46.9 Å². The zero-order valence-electron chi connectivity index (χ0n) is 15.4. The van der Waals surface area contributed by atoms with Crippen LogP contribution < -0.4 is 0 Å². The number of amides is 1. The summed E-state index contributed by atoms with van der Waals surface area (Å²) in [5.74, 6) is 0.858. The van der Waals surface area contributed by atoms with Gasteiger partial charge in [0.15, 0.2) is 0 Å². The largest absolute Gasteiger partial charge is 0.419 e. The summed E-state index contributed by atoms with van der Waals surface area (Å²) in [6.07, 6.45) is 2.85. The molecule has 5 nitrogen and oxygen atoms in total. The first-order valence-electron chi connectivity index (χ1n) is 9.32. The van der Waals surface area contributed by atoms with E-state index in [0.717, 1.165) is 24.0 Å². The average molecular weight is 451 g/mol. The van der Waals surface area contributed by atoms with Crippen molar-refractivity contribution in [2.24, 2.45) is 0 Å². The fourth-order valence-electron chi connectivity index (χ4n) is 3.11. The van der Waals surface area contributed by atoms with Crippen LogP contribution in [-0.2, 0) is 17.8 Å². The molecule has 2 aromatic carbocycles. The molecular weight excluding hydrogens is 433 g/mol. The van der Waals surface area contributed by atoms with E-state index in [9.17, 15) is 4.79 Å². The number of carbonyl (C=O) groups excluding carboxylic acids is 1. The molecule has 3 aromatic rings. The normalized spacial score (nSPS) is 13.5. The van der Waals surface area contributed by atoms with E-state index >= 15 is 0 Å². The lowest BCUT2D eigenvalue weighted by molar-refractivity contribution is -0.132. The van der Waals surface area contributed by atoms with E-state index < -0.39 is 0 Å². The number of hydrogen-bond acceptors (Lipinski definition) is 4. The Hall–Kier alpha value is -2.08. The van der Waals surface area contributed by atoms with E-state index in [1.807, 2.05) is 29.2 Å². The van der Waals surface area contributed by atoms with E-state index in [1.165, 1.54) is 0 Å². The average Bonchev–Trinajstić information content (AvgIpc) is 3.45. The Morgan fingerprint density at radius 3 is 2.55 bits per heavy atom. The van der Waals surface area contributed by atoms with Gasteiger partial charge >= 0.3 is 0 Å². The lowest BCUT2D eigenvalue weighted by atomic mass is 10.1. The second-order valence-corrected chi connectivity index (χ2v) is 8.20. The minimum atomic E-state index is 0.0368. The van der Waals surface area contributed by atoms with Crippen LogP contribution in [-0.4, -0.2) is 27.0 Å². The van der Waals surface area contributed by atoms with Gasteiger partial charge in [-0.15, -0.1) is 10.2 Å². The van der Waals surface area contributed by atoms with Crippen LogP contribution in [0.3, 0.4) is 0 Å². The van der Waals surface area contributed by atoms with Gasteiger partial charge in [0.1, 0.15) is 0 Å². The Labute approximate surface area is 183 Å². The van der Waals surface area contributed by atoms with Gasteiger partial charge in [-0.05, 0) is 55.2 Å². The quantitative estimate of drug-likeness (QED) is 0.455. The Bertz CT molecular complexity index is 1020. The van der Waals surface area contributed by atoms with Crippen molar-refractivity contribution in [3.8, 4) is 11.5 Å². The molecule has 150 valence electrons. The van der Waals surface area contributed by atoms with E-state index in [1.54, 1.807) is 18.2 Å². The van der Waals surface area contributed by atoms with Crippen molar-refractivity contribution in [1.29, 1.82) is 0 Å². The van der Waals surface area contributed by atoms with Crippen molar-refractivity contribution in [2.75, 3.05) is 0 Å². The van der Waals surface area contributed by atoms with Crippen LogP contribution in [0, 0.1) is 0 Å². The molecule has 4 rings (SSSR count). The van der Waals surface area contributed by atoms with Crippen molar-refractivity contribution >= 4 is 40.7 Å². The summed E-state index contributed by atoms with van der Waals surface area (Å²) in [5, 5.41) is 9.84. The number of nitrogens with zero attached hydrogens (tertiary/aromatic N) is 3. The van der Waals surface area contributed by atoms with E-state index in [-0.39, 0.29) is 11.9 Å². The summed E-state index contributed by atoms with van der Waals surface area (Å²) < 4.78 is 5.77. The molecule has 1 amide bonds. The molecule has 0 radical (unpaired) electrons. The maximum Gasteiger partial charge on any atom is 0.247 e. The topological polar surface area (TPSA) is 59.2 Å². The molecule has 8 heteroatoms. The standard InChI is InChI=1S/C21H18Cl3N3O2/c22-15-7-4-14(5-8-15)21-26-25-18(29-21)12-27(16-9-10-16)19(28)11-6-13-2-1-3-17(23)20(13)24/h1-5,7-8,16H,6,9-12H2. The minimum Gasteiger partial charge on any atom is -0.419 e. The third-order valence-electron chi connectivity index (χ3n) is 4.81. The molecule has 0 atom stereocenters. The van der Waals surface area contributed by atoms with E-state index in [2.05, 4.69) is 10.2 Å². The molecule has 0 bridgehead atoms. The predicted molar refractivity (Wildman–Crippen MR) is 113 cm³/mol. The molecule has 1 aliphatic carbocycles. The second-order valence-electron chi connectivity index (χ2n) is 6.97. The molecule has 0 aliphatic heterocycles. The number of carbonyl (C=O) groups is 1. The maximum atomic E-state index is 12.9. The molecule has 1 fully saturated rings. The monoisotopic (exact) mass is 449 g/mol. The van der Waals surface area contributed by atoms with Gasteiger partial charge in [-0.3, -0.25) is 4.79 Å². The van der Waals surface area contributed by atoms with Crippen molar-refractivity contribution in [3.05, 3.63) is 69.0 Å². The van der Waals surface area contributed by atoms with E-state index in [0.29, 0.717) is 46.2 Å². The molecule has 0 N–H and O–H groups in total. The molecule has 0 spiro atoms. The maximum absolute atomic E-state index is 12.9. The van der Waals surface area contributed by atoms with Crippen LogP contribution in [0.5, 0.6) is 0 Å². The number of rotatable bonds is 7. The fourth-order valence-corrected chi connectivity index (χ4v) is 3.65. The van der Waals surface area contributed by atoms with Crippen molar-refractivity contribution < 1.29 is 9.21 Å². The first-order chi connectivity index (χ1) is 14.0. The molecule has 1 aliphatic rings. The highest BCUT2D eigenvalue weighted by Gasteiger charge is 2.33. The Kier molecular flexibility index (Phi) is 6.09. The van der Waals surface area contributed by atoms with E-state index in [4.69, 9.17) is 39.2 Å². The third kappa shape index (κ3) is 4.92. The molecule has 29 heavy (non-hydrogen) atoms. The SMILES string of the molecule is O=C(CCc1cccc(Cl)c1Cl)N(Cc1nnc(-c2ccc(Cl)cc2)o1)C1CC1. The molecular formula is C21H18Cl3N3O2. The lowest BCUT2D eigenvalue weighted by Gasteiger charge is -2.20. The van der Waals surface area contributed by atoms with Crippen LogP contribution in [0.2, 0.25) is 15.1 Å². The molecule has 1 aromatic heterocycles. The summed E-state index contributed by atoms with van der Waals surface area (Å²) in [6, 6.07) is 12.9. The highest BCUT2D eigenvalue weighted by atomic mass is 35.5. The number of aryl methyl sites for hydroxylation is 1. The van der Waals surface area contributed by atoms with Gasteiger partial charge in [0, 0.05) is 23.0 Å². The van der Waals surface area contributed by atoms with Gasteiger partial charge in [0.2, 0.25) is 17.7 Å². The van der Waals surface area contributed by atoms with Crippen LogP contribution in [0.4, 0.5) is 0 Å². The van der Waals surface area contributed by atoms with Gasteiger partial charge < -0.3 is 9.32 Å². The second kappa shape index (κ2) is 8.74. The predicted octanol–water partition coefficient (Wildman–Crippen LogP) is 5.82. The molecule has 1 heterocycles. The minimum absolute atomic E-state index is 0.0368. The van der Waals surface area contributed by atoms with Crippen molar-refractivity contribution in [3.63, 3.8) is 0 Å². The van der Waals surface area contributed by atoms with Crippen LogP contribution in [0.25, 0.3) is 11.5 Å². The van der Waals surface area contributed by atoms with Gasteiger partial charge in [-0.1, -0.05) is 46.9 Å². The van der Waals surface area contributed by atoms with Gasteiger partial charge in [-0.2, -0.15) is 0 Å². The zero-order valence-corrected chi connectivity index (χ0v) is 17.7. The number of halogens is 3. The highest BCUT2D eigenvalue weighted by Crippen LogP contribution is 2.31. The molecule has 1 saturated carbocycles. The van der Waals surface area contributed by atoms with Gasteiger partial charge in [-0.25, -0.2) is 0 Å². The molecule has 0 saturated heterocycles. The Morgan fingerprint density at radius 1 is 1.07 bits per heavy atom.